The third-order valence-electron chi connectivity index (χ3n) is 3.46. The molecular weight excluding hydrogens is 290 g/mol. The van der Waals surface area contributed by atoms with E-state index in [1.165, 1.54) is 12.0 Å². The number of anilines is 1. The quantitative estimate of drug-likeness (QED) is 0.617. The van der Waals surface area contributed by atoms with Gasteiger partial charge in [0, 0.05) is 0 Å². The second-order valence-corrected chi connectivity index (χ2v) is 5.32. The number of carbonyl (C=O) groups excluding carboxylic acids is 2. The molecule has 0 aliphatic carbocycles. The zero-order valence-electron chi connectivity index (χ0n) is 12.2. The normalized spacial score (nSPS) is 17.3. The van der Waals surface area contributed by atoms with Crippen LogP contribution in [0, 0.1) is 13.8 Å². The summed E-state index contributed by atoms with van der Waals surface area (Å²) in [6, 6.07) is 5.38. The standard InChI is InChI=1S/C15H17NO4S/c1-9-5-4-6-10(2)13(9)16(14(18)15(21)19-3)11-7-12(17)20-8-11/h4-6,11H,7-8H2,1-3H3. The van der Waals surface area contributed by atoms with Crippen molar-refractivity contribution >= 4 is 34.8 Å². The van der Waals surface area contributed by atoms with Crippen LogP contribution in [0.1, 0.15) is 17.5 Å². The summed E-state index contributed by atoms with van der Waals surface area (Å²) in [4.78, 5) is 25.5. The van der Waals surface area contributed by atoms with Gasteiger partial charge in [-0.25, -0.2) is 0 Å². The van der Waals surface area contributed by atoms with Crippen molar-refractivity contribution in [2.75, 3.05) is 18.6 Å². The van der Waals surface area contributed by atoms with Crippen LogP contribution in [0.3, 0.4) is 0 Å². The maximum atomic E-state index is 12.6. The van der Waals surface area contributed by atoms with E-state index in [2.05, 4.69) is 0 Å². The smallest absolute Gasteiger partial charge is 0.308 e. The van der Waals surface area contributed by atoms with Gasteiger partial charge in [-0.2, -0.15) is 0 Å². The number of benzene rings is 1. The molecule has 0 aromatic heterocycles. The van der Waals surface area contributed by atoms with Crippen LogP contribution in [-0.4, -0.2) is 36.7 Å². The summed E-state index contributed by atoms with van der Waals surface area (Å²) >= 11 is 4.97. The van der Waals surface area contributed by atoms with E-state index in [1.54, 1.807) is 0 Å². The minimum absolute atomic E-state index is 0.128. The Kier molecular flexibility index (Phi) is 4.57. The fourth-order valence-corrected chi connectivity index (χ4v) is 2.58. The van der Waals surface area contributed by atoms with Crippen LogP contribution in [0.25, 0.3) is 0 Å². The number of ether oxygens (including phenoxy) is 2. The Hall–Kier alpha value is -1.95. The van der Waals surface area contributed by atoms with Crippen molar-refractivity contribution in [3.8, 4) is 0 Å². The maximum Gasteiger partial charge on any atom is 0.308 e. The number of hydrogen-bond donors (Lipinski definition) is 0. The third kappa shape index (κ3) is 3.05. The number of para-hydroxylation sites is 1. The molecule has 6 heteroatoms. The van der Waals surface area contributed by atoms with E-state index in [-0.39, 0.29) is 30.1 Å². The molecule has 5 nitrogen and oxygen atoms in total. The van der Waals surface area contributed by atoms with Gasteiger partial charge in [-0.15, -0.1) is 0 Å². The Bertz CT molecular complexity index is 579. The molecule has 0 bridgehead atoms. The number of thiocarbonyl (C=S) groups is 1. The zero-order chi connectivity index (χ0) is 15.6. The van der Waals surface area contributed by atoms with E-state index in [0.717, 1.165) is 16.8 Å². The second kappa shape index (κ2) is 6.22. The largest absolute Gasteiger partial charge is 0.483 e. The Morgan fingerprint density at radius 1 is 1.38 bits per heavy atom. The molecule has 112 valence electrons. The van der Waals surface area contributed by atoms with Crippen LogP contribution >= 0.6 is 12.2 Å². The summed E-state index contributed by atoms with van der Waals surface area (Å²) in [7, 11) is 1.36. The summed E-state index contributed by atoms with van der Waals surface area (Å²) in [5.74, 6) is -0.736. The molecule has 0 spiro atoms. The molecule has 0 saturated carbocycles. The minimum atomic E-state index is -0.423. The van der Waals surface area contributed by atoms with Crippen molar-refractivity contribution in [2.45, 2.75) is 26.3 Å². The van der Waals surface area contributed by atoms with Gasteiger partial charge in [-0.1, -0.05) is 18.2 Å². The lowest BCUT2D eigenvalue weighted by Crippen LogP contribution is -2.45. The number of nitrogens with zero attached hydrogens (tertiary/aromatic N) is 1. The van der Waals surface area contributed by atoms with E-state index in [1.807, 2.05) is 32.0 Å². The highest BCUT2D eigenvalue weighted by atomic mass is 32.1. The molecule has 1 heterocycles. The average Bonchev–Trinajstić information content (AvgIpc) is 2.87. The van der Waals surface area contributed by atoms with E-state index >= 15 is 0 Å². The van der Waals surface area contributed by atoms with E-state index in [9.17, 15) is 9.59 Å². The highest BCUT2D eigenvalue weighted by Gasteiger charge is 2.36. The number of methoxy groups -OCH3 is 1. The molecule has 0 radical (unpaired) electrons. The average molecular weight is 307 g/mol. The van der Waals surface area contributed by atoms with Gasteiger partial charge >= 0.3 is 11.9 Å². The molecule has 1 amide bonds. The highest BCUT2D eigenvalue weighted by Crippen LogP contribution is 2.29. The lowest BCUT2D eigenvalue weighted by atomic mass is 10.0. The molecule has 1 aliphatic rings. The predicted octanol–water partition coefficient (Wildman–Crippen LogP) is 1.93. The molecular formula is C15H17NO4S. The topological polar surface area (TPSA) is 55.8 Å². The van der Waals surface area contributed by atoms with Crippen molar-refractivity contribution in [3.05, 3.63) is 29.3 Å². The maximum absolute atomic E-state index is 12.6. The summed E-state index contributed by atoms with van der Waals surface area (Å²) in [5, 5.41) is -0.128. The monoisotopic (exact) mass is 307 g/mol. The van der Waals surface area contributed by atoms with Gasteiger partial charge in [0.25, 0.3) is 5.05 Å². The molecule has 1 aliphatic heterocycles. The van der Waals surface area contributed by atoms with Crippen molar-refractivity contribution in [1.29, 1.82) is 0 Å². The van der Waals surface area contributed by atoms with Gasteiger partial charge in [-0.3, -0.25) is 14.5 Å². The van der Waals surface area contributed by atoms with Crippen LogP contribution < -0.4 is 4.90 Å². The molecule has 1 aromatic carbocycles. The molecule has 1 atom stereocenters. The lowest BCUT2D eigenvalue weighted by Gasteiger charge is -2.29. The van der Waals surface area contributed by atoms with Crippen molar-refractivity contribution in [3.63, 3.8) is 0 Å². The minimum Gasteiger partial charge on any atom is -0.483 e. The van der Waals surface area contributed by atoms with Gasteiger partial charge in [0.15, 0.2) is 0 Å². The fraction of sp³-hybridized carbons (Fsp3) is 0.400. The first kappa shape index (κ1) is 15.4. The van der Waals surface area contributed by atoms with E-state index in [0.29, 0.717) is 0 Å². The molecule has 21 heavy (non-hydrogen) atoms. The predicted molar refractivity (Wildman–Crippen MR) is 82.4 cm³/mol. The van der Waals surface area contributed by atoms with Crippen molar-refractivity contribution in [1.82, 2.24) is 0 Å². The van der Waals surface area contributed by atoms with Crippen LogP contribution in [0.15, 0.2) is 18.2 Å². The molecule has 1 saturated heterocycles. The van der Waals surface area contributed by atoms with Gasteiger partial charge in [0.2, 0.25) is 0 Å². The Morgan fingerprint density at radius 3 is 2.48 bits per heavy atom. The van der Waals surface area contributed by atoms with E-state index in [4.69, 9.17) is 21.7 Å². The highest BCUT2D eigenvalue weighted by molar-refractivity contribution is 7.81. The second-order valence-electron chi connectivity index (χ2n) is 4.95. The number of hydrogen-bond acceptors (Lipinski definition) is 5. The number of carbonyl (C=O) groups is 2. The summed E-state index contributed by atoms with van der Waals surface area (Å²) in [5.41, 5.74) is 2.62. The van der Waals surface area contributed by atoms with Gasteiger partial charge in [0.1, 0.15) is 6.61 Å². The summed E-state index contributed by atoms with van der Waals surface area (Å²) in [6.07, 6.45) is 0.159. The Morgan fingerprint density at radius 2 is 2.00 bits per heavy atom. The number of amides is 1. The van der Waals surface area contributed by atoms with Crippen LogP contribution in [0.5, 0.6) is 0 Å². The lowest BCUT2D eigenvalue weighted by molar-refractivity contribution is -0.137. The first-order valence-corrected chi connectivity index (χ1v) is 7.00. The van der Waals surface area contributed by atoms with Crippen molar-refractivity contribution < 1.29 is 19.1 Å². The molecule has 2 rings (SSSR count). The van der Waals surface area contributed by atoms with Gasteiger partial charge in [0.05, 0.1) is 25.3 Å². The summed E-state index contributed by atoms with van der Waals surface area (Å²) in [6.45, 7) is 4.00. The van der Waals surface area contributed by atoms with Crippen LogP contribution in [-0.2, 0) is 19.1 Å². The summed E-state index contributed by atoms with van der Waals surface area (Å²) < 4.78 is 9.89. The SMILES string of the molecule is COC(=S)C(=O)N(c1c(C)cccc1C)C1COC(=O)C1. The Balaban J connectivity index is 2.48. The molecule has 1 unspecified atom stereocenters. The molecule has 1 fully saturated rings. The number of aryl methyl sites for hydroxylation is 2. The van der Waals surface area contributed by atoms with Crippen LogP contribution in [0.4, 0.5) is 5.69 Å². The first-order valence-electron chi connectivity index (χ1n) is 6.59. The number of cyclic esters (lactones) is 1. The fourth-order valence-electron chi connectivity index (χ4n) is 2.49. The molecule has 1 aromatic rings. The third-order valence-corrected chi connectivity index (χ3v) is 3.80. The van der Waals surface area contributed by atoms with Crippen LogP contribution in [0.2, 0.25) is 0 Å². The van der Waals surface area contributed by atoms with E-state index < -0.39 is 5.91 Å². The number of esters is 1. The van der Waals surface area contributed by atoms with Gasteiger partial charge < -0.3 is 9.47 Å². The number of rotatable bonds is 2. The molecule has 0 N–H and O–H groups in total. The zero-order valence-corrected chi connectivity index (χ0v) is 13.0. The van der Waals surface area contributed by atoms with Gasteiger partial charge in [-0.05, 0) is 37.2 Å². The first-order chi connectivity index (χ1) is 9.95. The Labute approximate surface area is 128 Å². The van der Waals surface area contributed by atoms with Crippen molar-refractivity contribution in [2.24, 2.45) is 0 Å².